The van der Waals surface area contributed by atoms with E-state index in [0.717, 1.165) is 0 Å². The van der Waals surface area contributed by atoms with Gasteiger partial charge in [-0.3, -0.25) is 4.79 Å². The molecule has 96 valence electrons. The van der Waals surface area contributed by atoms with Gasteiger partial charge in [0.1, 0.15) is 11.6 Å². The minimum Gasteiger partial charge on any atom is -0.462 e. The van der Waals surface area contributed by atoms with Crippen LogP contribution in [0.2, 0.25) is 0 Å². The number of hydrogen-bond acceptors (Lipinski definition) is 5. The molecule has 0 atom stereocenters. The number of carbonyl (C=O) groups excluding carboxylic acids is 2. The molecule has 1 heterocycles. The molecule has 0 aliphatic carbocycles. The van der Waals surface area contributed by atoms with Crippen LogP contribution in [0, 0.1) is 0 Å². The van der Waals surface area contributed by atoms with Crippen LogP contribution in [-0.2, 0) is 20.7 Å². The van der Waals surface area contributed by atoms with Gasteiger partial charge in [-0.15, -0.1) is 0 Å². The van der Waals surface area contributed by atoms with Crippen molar-refractivity contribution in [3.05, 3.63) is 36.4 Å². The number of Topliss-reactive ketones (excluding diaryl/α,β-unsaturated/α-hetero) is 1. The predicted octanol–water partition coefficient (Wildman–Crippen LogP) is 1.49. The first kappa shape index (κ1) is 14.0. The average Bonchev–Trinajstić information content (AvgIpc) is 2.35. The van der Waals surface area contributed by atoms with Gasteiger partial charge in [-0.05, 0) is 19.4 Å². The Morgan fingerprint density at radius 2 is 2.00 bits per heavy atom. The number of esters is 1. The monoisotopic (exact) mass is 248 g/mol. The maximum atomic E-state index is 11.6. The molecule has 5 nitrogen and oxygen atoms in total. The first-order chi connectivity index (χ1) is 8.59. The van der Waals surface area contributed by atoms with Gasteiger partial charge in [-0.2, -0.15) is 0 Å². The molecule has 0 radical (unpaired) electrons. The number of ketones is 1. The highest BCUT2D eigenvalue weighted by Gasteiger charge is 2.07. The summed E-state index contributed by atoms with van der Waals surface area (Å²) in [6.45, 7) is 5.28. The molecule has 1 aromatic rings. The highest BCUT2D eigenvalue weighted by molar-refractivity contribution is 5.87. The lowest BCUT2D eigenvalue weighted by molar-refractivity contribution is -0.139. The summed E-state index contributed by atoms with van der Waals surface area (Å²) in [6.07, 6.45) is 4.27. The van der Waals surface area contributed by atoms with Crippen LogP contribution >= 0.6 is 0 Å². The smallest absolute Gasteiger partial charge is 0.333 e. The zero-order valence-corrected chi connectivity index (χ0v) is 10.4. The fourth-order valence-corrected chi connectivity index (χ4v) is 1.24. The van der Waals surface area contributed by atoms with E-state index >= 15 is 0 Å². The number of ether oxygens (including phenoxy) is 1. The summed E-state index contributed by atoms with van der Waals surface area (Å²) in [5.41, 5.74) is 0.360. The van der Waals surface area contributed by atoms with Crippen LogP contribution in [0.4, 0.5) is 0 Å². The van der Waals surface area contributed by atoms with Gasteiger partial charge < -0.3 is 4.74 Å². The minimum atomic E-state index is -0.422. The second-order valence-corrected chi connectivity index (χ2v) is 3.90. The number of carbonyl (C=O) groups is 2. The summed E-state index contributed by atoms with van der Waals surface area (Å²) < 4.78 is 4.88. The van der Waals surface area contributed by atoms with Crippen molar-refractivity contribution in [1.82, 2.24) is 9.97 Å². The van der Waals surface area contributed by atoms with E-state index in [0.29, 0.717) is 24.2 Å². The van der Waals surface area contributed by atoms with Crippen LogP contribution in [0.25, 0.3) is 0 Å². The summed E-state index contributed by atoms with van der Waals surface area (Å²) in [5, 5.41) is 0. The lowest BCUT2D eigenvalue weighted by Crippen LogP contribution is -2.10. The van der Waals surface area contributed by atoms with E-state index in [1.54, 1.807) is 25.4 Å². The van der Waals surface area contributed by atoms with Gasteiger partial charge >= 0.3 is 5.97 Å². The van der Waals surface area contributed by atoms with Gasteiger partial charge in [0.05, 0.1) is 13.0 Å². The summed E-state index contributed by atoms with van der Waals surface area (Å²) in [5.74, 6) is 0.128. The molecule has 0 aliphatic heterocycles. The molecular formula is C13H16N2O3. The topological polar surface area (TPSA) is 69.2 Å². The van der Waals surface area contributed by atoms with Gasteiger partial charge in [-0.1, -0.05) is 6.58 Å². The van der Waals surface area contributed by atoms with Crippen LogP contribution in [0.3, 0.4) is 0 Å². The molecule has 0 unspecified atom stereocenters. The Bertz CT molecular complexity index is 429. The highest BCUT2D eigenvalue weighted by atomic mass is 16.5. The van der Waals surface area contributed by atoms with Gasteiger partial charge in [-0.25, -0.2) is 14.8 Å². The third-order valence-electron chi connectivity index (χ3n) is 2.16. The van der Waals surface area contributed by atoms with Crippen molar-refractivity contribution in [2.24, 2.45) is 0 Å². The molecule has 0 N–H and O–H groups in total. The van der Waals surface area contributed by atoms with Crippen LogP contribution < -0.4 is 0 Å². The van der Waals surface area contributed by atoms with Crippen LogP contribution in [0.15, 0.2) is 30.6 Å². The largest absolute Gasteiger partial charge is 0.462 e. The Morgan fingerprint density at radius 1 is 1.33 bits per heavy atom. The molecule has 1 rings (SSSR count). The summed E-state index contributed by atoms with van der Waals surface area (Å²) in [4.78, 5) is 30.5. The van der Waals surface area contributed by atoms with Crippen LogP contribution in [0.5, 0.6) is 0 Å². The SMILES string of the molecule is C=C(C)C(=O)OCCCC(=O)Cc1ncccn1. The number of aromatic nitrogens is 2. The zero-order valence-electron chi connectivity index (χ0n) is 10.4. The normalized spacial score (nSPS) is 9.83. The quantitative estimate of drug-likeness (QED) is 0.415. The number of hydrogen-bond donors (Lipinski definition) is 0. The molecule has 0 saturated carbocycles. The van der Waals surface area contributed by atoms with Crippen LogP contribution in [0.1, 0.15) is 25.6 Å². The first-order valence-electron chi connectivity index (χ1n) is 5.70. The van der Waals surface area contributed by atoms with Crippen molar-refractivity contribution in [3.8, 4) is 0 Å². The van der Waals surface area contributed by atoms with E-state index in [-0.39, 0.29) is 18.8 Å². The van der Waals surface area contributed by atoms with E-state index in [2.05, 4.69) is 16.5 Å². The van der Waals surface area contributed by atoms with Crippen molar-refractivity contribution in [2.45, 2.75) is 26.2 Å². The Labute approximate surface area is 106 Å². The maximum Gasteiger partial charge on any atom is 0.333 e. The van der Waals surface area contributed by atoms with E-state index in [4.69, 9.17) is 4.74 Å². The summed E-state index contributed by atoms with van der Waals surface area (Å²) in [6, 6.07) is 1.70. The second-order valence-electron chi connectivity index (χ2n) is 3.90. The molecule has 18 heavy (non-hydrogen) atoms. The lowest BCUT2D eigenvalue weighted by Gasteiger charge is -2.03. The van der Waals surface area contributed by atoms with E-state index in [9.17, 15) is 9.59 Å². The molecule has 1 aromatic heterocycles. The standard InChI is InChI=1S/C13H16N2O3/c1-10(2)13(17)18-8-3-5-11(16)9-12-14-6-4-7-15-12/h4,6-7H,1,3,5,8-9H2,2H3. The Hall–Kier alpha value is -2.04. The molecule has 0 saturated heterocycles. The number of nitrogens with zero attached hydrogens (tertiary/aromatic N) is 2. The fourth-order valence-electron chi connectivity index (χ4n) is 1.24. The molecule has 0 aromatic carbocycles. The molecule has 5 heteroatoms. The summed E-state index contributed by atoms with van der Waals surface area (Å²) >= 11 is 0. The van der Waals surface area contributed by atoms with Gasteiger partial charge in [0.2, 0.25) is 0 Å². The maximum absolute atomic E-state index is 11.6. The highest BCUT2D eigenvalue weighted by Crippen LogP contribution is 2.00. The van der Waals surface area contributed by atoms with Gasteiger partial charge in [0, 0.05) is 24.4 Å². The van der Waals surface area contributed by atoms with E-state index in [1.165, 1.54) is 0 Å². The minimum absolute atomic E-state index is 0.0348. The van der Waals surface area contributed by atoms with Crippen molar-refractivity contribution in [3.63, 3.8) is 0 Å². The Kier molecular flexibility index (Phi) is 5.70. The average molecular weight is 248 g/mol. The predicted molar refractivity (Wildman–Crippen MR) is 65.8 cm³/mol. The van der Waals surface area contributed by atoms with Crippen molar-refractivity contribution in [1.29, 1.82) is 0 Å². The van der Waals surface area contributed by atoms with Crippen molar-refractivity contribution < 1.29 is 14.3 Å². The number of rotatable bonds is 7. The Balaban J connectivity index is 2.18. The molecule has 0 fully saturated rings. The molecule has 0 aliphatic rings. The molecule has 0 spiro atoms. The van der Waals surface area contributed by atoms with E-state index < -0.39 is 5.97 Å². The lowest BCUT2D eigenvalue weighted by atomic mass is 10.1. The van der Waals surface area contributed by atoms with Crippen LogP contribution in [-0.4, -0.2) is 28.3 Å². The van der Waals surface area contributed by atoms with Gasteiger partial charge in [0.25, 0.3) is 0 Å². The first-order valence-corrected chi connectivity index (χ1v) is 5.70. The summed E-state index contributed by atoms with van der Waals surface area (Å²) in [7, 11) is 0. The molecule has 0 bridgehead atoms. The van der Waals surface area contributed by atoms with Gasteiger partial charge in [0.15, 0.2) is 0 Å². The third-order valence-corrected chi connectivity index (χ3v) is 2.16. The fraction of sp³-hybridized carbons (Fsp3) is 0.385. The Morgan fingerprint density at radius 3 is 2.61 bits per heavy atom. The van der Waals surface area contributed by atoms with Crippen molar-refractivity contribution in [2.75, 3.05) is 6.61 Å². The van der Waals surface area contributed by atoms with E-state index in [1.807, 2.05) is 0 Å². The molecule has 0 amide bonds. The van der Waals surface area contributed by atoms with Crippen molar-refractivity contribution >= 4 is 11.8 Å². The second kappa shape index (κ2) is 7.32. The molecular weight excluding hydrogens is 232 g/mol. The third kappa shape index (κ3) is 5.34. The zero-order chi connectivity index (χ0) is 13.4.